The van der Waals surface area contributed by atoms with Crippen molar-refractivity contribution < 1.29 is 19.0 Å². The molecule has 0 fully saturated rings. The molecule has 0 bridgehead atoms. The molecule has 0 radical (unpaired) electrons. The van der Waals surface area contributed by atoms with Crippen LogP contribution in [-0.2, 0) is 16.0 Å². The van der Waals surface area contributed by atoms with E-state index in [9.17, 15) is 9.59 Å². The van der Waals surface area contributed by atoms with Gasteiger partial charge in [0.25, 0.3) is 5.56 Å². The number of hydrogen-bond donors (Lipinski definition) is 1. The first-order valence-corrected chi connectivity index (χ1v) is 14.3. The first kappa shape index (κ1) is 29.7. The molecule has 220 valence electrons. The zero-order valence-electron chi connectivity index (χ0n) is 24.0. The summed E-state index contributed by atoms with van der Waals surface area (Å²) in [4.78, 5) is 31.1. The molecule has 1 aliphatic carbocycles. The smallest absolute Gasteiger partial charge is 0.358 e. The number of anilines is 1. The molecule has 2 atom stereocenters. The number of esters is 1. The van der Waals surface area contributed by atoms with Crippen molar-refractivity contribution in [1.82, 2.24) is 14.1 Å². The Morgan fingerprint density at radius 3 is 2.64 bits per heavy atom. The van der Waals surface area contributed by atoms with Crippen molar-refractivity contribution in [3.8, 4) is 17.1 Å². The van der Waals surface area contributed by atoms with E-state index in [-0.39, 0.29) is 28.8 Å². The summed E-state index contributed by atoms with van der Waals surface area (Å²) in [6.45, 7) is 6.63. The van der Waals surface area contributed by atoms with Crippen LogP contribution >= 0.6 is 23.2 Å². The van der Waals surface area contributed by atoms with Crippen LogP contribution in [0.25, 0.3) is 17.1 Å². The SMILES string of the molecule is CCOC(=O)c1nc(-c2ccccc2OC)n2c1C(Nc1cc(Cl)c(=O)n(CCOC)c1)C1=CC=C(Cl)C(C)C1=C2C. The van der Waals surface area contributed by atoms with Gasteiger partial charge in [-0.1, -0.05) is 48.3 Å². The zero-order valence-corrected chi connectivity index (χ0v) is 25.5. The number of pyridine rings is 1. The molecule has 0 saturated carbocycles. The summed E-state index contributed by atoms with van der Waals surface area (Å²) in [5.41, 5.74) is 4.51. The molecular weight excluding hydrogens is 579 g/mol. The summed E-state index contributed by atoms with van der Waals surface area (Å²) in [5, 5.41) is 4.30. The highest BCUT2D eigenvalue weighted by molar-refractivity contribution is 6.31. The van der Waals surface area contributed by atoms with E-state index in [4.69, 9.17) is 42.4 Å². The molecule has 5 rings (SSSR count). The summed E-state index contributed by atoms with van der Waals surface area (Å²) >= 11 is 13.1. The van der Waals surface area contributed by atoms with Crippen molar-refractivity contribution in [1.29, 1.82) is 0 Å². The van der Waals surface area contributed by atoms with E-state index >= 15 is 0 Å². The third-order valence-electron chi connectivity index (χ3n) is 7.51. The maximum atomic E-state index is 13.5. The average Bonchev–Trinajstić information content (AvgIpc) is 3.39. The Morgan fingerprint density at radius 1 is 1.17 bits per heavy atom. The van der Waals surface area contributed by atoms with Crippen LogP contribution in [-0.4, -0.2) is 47.5 Å². The predicted molar refractivity (Wildman–Crippen MR) is 164 cm³/mol. The lowest BCUT2D eigenvalue weighted by Gasteiger charge is -2.37. The van der Waals surface area contributed by atoms with E-state index in [1.165, 1.54) is 4.57 Å². The van der Waals surface area contributed by atoms with Gasteiger partial charge in [0.15, 0.2) is 5.69 Å². The quantitative estimate of drug-likeness (QED) is 0.284. The summed E-state index contributed by atoms with van der Waals surface area (Å²) in [7, 11) is 3.16. The number of nitrogens with one attached hydrogen (secondary N) is 1. The van der Waals surface area contributed by atoms with Crippen LogP contribution in [0.2, 0.25) is 5.02 Å². The van der Waals surface area contributed by atoms with Gasteiger partial charge >= 0.3 is 5.97 Å². The van der Waals surface area contributed by atoms with Crippen LogP contribution in [0.4, 0.5) is 5.69 Å². The number of para-hydroxylation sites is 1. The summed E-state index contributed by atoms with van der Waals surface area (Å²) in [6.07, 6.45) is 5.52. The van der Waals surface area contributed by atoms with Crippen LogP contribution in [0.15, 0.2) is 69.7 Å². The van der Waals surface area contributed by atoms with Crippen molar-refractivity contribution in [3.05, 3.63) is 91.6 Å². The van der Waals surface area contributed by atoms with Gasteiger partial charge in [-0.15, -0.1) is 0 Å². The molecule has 2 aromatic heterocycles. The summed E-state index contributed by atoms with van der Waals surface area (Å²) < 4.78 is 19.8. The molecule has 3 aromatic rings. The van der Waals surface area contributed by atoms with Gasteiger partial charge in [0, 0.05) is 36.5 Å². The second kappa shape index (κ2) is 12.2. The van der Waals surface area contributed by atoms with Crippen LogP contribution in [0.5, 0.6) is 5.75 Å². The normalized spacial score (nSPS) is 17.7. The molecule has 3 heterocycles. The fraction of sp³-hybridized carbons (Fsp3) is 0.323. The van der Waals surface area contributed by atoms with E-state index in [0.29, 0.717) is 46.7 Å². The van der Waals surface area contributed by atoms with Crippen molar-refractivity contribution in [3.63, 3.8) is 0 Å². The number of carbonyl (C=O) groups excluding carboxylic acids is 1. The average molecular weight is 612 g/mol. The minimum Gasteiger partial charge on any atom is -0.496 e. The number of benzene rings is 1. The predicted octanol–water partition coefficient (Wildman–Crippen LogP) is 6.29. The third-order valence-corrected chi connectivity index (χ3v) is 8.23. The highest BCUT2D eigenvalue weighted by atomic mass is 35.5. The number of nitrogens with zero attached hydrogens (tertiary/aromatic N) is 3. The molecule has 0 amide bonds. The lowest BCUT2D eigenvalue weighted by molar-refractivity contribution is 0.0518. The van der Waals surface area contributed by atoms with E-state index in [1.807, 2.05) is 54.8 Å². The topological polar surface area (TPSA) is 96.6 Å². The number of methoxy groups -OCH3 is 2. The molecule has 2 aliphatic rings. The molecule has 0 saturated heterocycles. The Morgan fingerprint density at radius 2 is 1.93 bits per heavy atom. The van der Waals surface area contributed by atoms with Gasteiger partial charge in [-0.2, -0.15) is 0 Å². The van der Waals surface area contributed by atoms with Gasteiger partial charge in [-0.05, 0) is 49.3 Å². The molecule has 2 unspecified atom stereocenters. The maximum absolute atomic E-state index is 13.5. The zero-order chi connectivity index (χ0) is 30.1. The van der Waals surface area contributed by atoms with Crippen molar-refractivity contribution in [2.24, 2.45) is 5.92 Å². The highest BCUT2D eigenvalue weighted by Gasteiger charge is 2.40. The van der Waals surface area contributed by atoms with Gasteiger partial charge in [-0.3, -0.25) is 9.36 Å². The Bertz CT molecular complexity index is 1700. The number of ether oxygens (including phenoxy) is 3. The third kappa shape index (κ3) is 5.17. The molecule has 1 aromatic carbocycles. The first-order chi connectivity index (χ1) is 20.2. The second-order valence-corrected chi connectivity index (χ2v) is 10.8. The van der Waals surface area contributed by atoms with Gasteiger partial charge in [0.2, 0.25) is 0 Å². The minimum absolute atomic E-state index is 0.0571. The monoisotopic (exact) mass is 610 g/mol. The summed E-state index contributed by atoms with van der Waals surface area (Å²) in [6, 6.07) is 8.52. The molecule has 0 spiro atoms. The first-order valence-electron chi connectivity index (χ1n) is 13.6. The summed E-state index contributed by atoms with van der Waals surface area (Å²) in [5.74, 6) is 0.465. The number of imidazole rings is 1. The number of fused-ring (bicyclic) bond motifs is 2. The van der Waals surface area contributed by atoms with Crippen molar-refractivity contribution >= 4 is 40.6 Å². The lowest BCUT2D eigenvalue weighted by atomic mass is 9.80. The van der Waals surface area contributed by atoms with Crippen LogP contribution in [0.3, 0.4) is 0 Å². The number of hydrogen-bond acceptors (Lipinski definition) is 7. The standard InChI is InChI=1S/C31H32Cl2N4O5/c1-6-42-31(39)27-28-26(34-19-15-23(33)30(38)36(16-19)13-14-40-4)21-11-12-22(32)17(2)25(21)18(3)37(28)29(35-27)20-9-7-8-10-24(20)41-5/h7-12,15-17,26,34H,6,13-14H2,1-5H3. The molecule has 42 heavy (non-hydrogen) atoms. The van der Waals surface area contributed by atoms with Gasteiger partial charge in [0.1, 0.15) is 16.6 Å². The van der Waals surface area contributed by atoms with Crippen LogP contribution < -0.4 is 15.6 Å². The lowest BCUT2D eigenvalue weighted by Crippen LogP contribution is -2.30. The Hall–Kier alpha value is -3.79. The van der Waals surface area contributed by atoms with Crippen LogP contribution in [0.1, 0.15) is 43.0 Å². The Kier molecular flexibility index (Phi) is 8.63. The second-order valence-electron chi connectivity index (χ2n) is 9.97. The van der Waals surface area contributed by atoms with E-state index in [1.54, 1.807) is 33.4 Å². The molecule has 1 N–H and O–H groups in total. The minimum atomic E-state index is -0.577. The van der Waals surface area contributed by atoms with Crippen molar-refractivity contribution in [2.45, 2.75) is 33.4 Å². The van der Waals surface area contributed by atoms with E-state index < -0.39 is 12.0 Å². The molecule has 9 nitrogen and oxygen atoms in total. The van der Waals surface area contributed by atoms with Gasteiger partial charge < -0.3 is 24.1 Å². The van der Waals surface area contributed by atoms with E-state index in [2.05, 4.69) is 5.32 Å². The number of aromatic nitrogens is 3. The van der Waals surface area contributed by atoms with E-state index in [0.717, 1.165) is 16.8 Å². The van der Waals surface area contributed by atoms with Crippen LogP contribution in [0, 0.1) is 5.92 Å². The fourth-order valence-electron chi connectivity index (χ4n) is 5.58. The molecular formula is C31H32Cl2N4O5. The number of halogens is 2. The number of allylic oxidation sites excluding steroid dienone is 4. The van der Waals surface area contributed by atoms with Gasteiger partial charge in [0.05, 0.1) is 43.3 Å². The number of rotatable bonds is 9. The van der Waals surface area contributed by atoms with Crippen molar-refractivity contribution in [2.75, 3.05) is 32.8 Å². The van der Waals surface area contributed by atoms with Gasteiger partial charge in [-0.25, -0.2) is 9.78 Å². The maximum Gasteiger partial charge on any atom is 0.358 e. The molecule has 11 heteroatoms. The Labute approximate surface area is 254 Å². The Balaban J connectivity index is 1.79. The fourth-order valence-corrected chi connectivity index (χ4v) is 5.98. The molecule has 1 aliphatic heterocycles. The largest absolute Gasteiger partial charge is 0.496 e. The highest BCUT2D eigenvalue weighted by Crippen LogP contribution is 2.49. The number of carbonyl (C=O) groups is 1.